The fourth-order valence-corrected chi connectivity index (χ4v) is 3.47. The van der Waals surface area contributed by atoms with Crippen molar-refractivity contribution in [2.24, 2.45) is 0 Å². The highest BCUT2D eigenvalue weighted by Crippen LogP contribution is 2.13. The van der Waals surface area contributed by atoms with Crippen LogP contribution < -0.4 is 5.32 Å². The largest absolute Gasteiger partial charge is 0.341 e. The maximum Gasteiger partial charge on any atom is 0.233 e. The first-order valence-electron chi connectivity index (χ1n) is 9.11. The molecule has 1 fully saturated rings. The van der Waals surface area contributed by atoms with E-state index >= 15 is 0 Å². The maximum absolute atomic E-state index is 12.6. The Morgan fingerprint density at radius 1 is 1.23 bits per heavy atom. The smallest absolute Gasteiger partial charge is 0.233 e. The normalized spacial score (nSPS) is 17.5. The van der Waals surface area contributed by atoms with Crippen molar-refractivity contribution in [3.63, 3.8) is 0 Å². The summed E-state index contributed by atoms with van der Waals surface area (Å²) in [5, 5.41) is 3.55. The van der Waals surface area contributed by atoms with Crippen LogP contribution in [0.1, 0.15) is 24.1 Å². The van der Waals surface area contributed by atoms with E-state index in [1.54, 1.807) is 6.20 Å². The molecule has 0 bridgehead atoms. The van der Waals surface area contributed by atoms with E-state index in [9.17, 15) is 4.79 Å². The minimum atomic E-state index is 0.208. The standard InChI is InChI=1S/C20H23N5O/c26-19(12-16-6-2-1-3-7-16)24-10-4-8-17(14-24)22-13-18-15-25-11-5-9-21-20(25)23-18/h1-3,5-7,9,11,15,17,22H,4,8,10,12-14H2. The Balaban J connectivity index is 1.32. The van der Waals surface area contributed by atoms with E-state index in [1.165, 1.54) is 0 Å². The molecule has 0 spiro atoms. The molecule has 0 saturated carbocycles. The van der Waals surface area contributed by atoms with Gasteiger partial charge in [-0.05, 0) is 24.5 Å². The van der Waals surface area contributed by atoms with Gasteiger partial charge in [-0.1, -0.05) is 30.3 Å². The van der Waals surface area contributed by atoms with E-state index in [2.05, 4.69) is 15.3 Å². The molecule has 1 atom stereocenters. The molecule has 0 radical (unpaired) electrons. The molecule has 26 heavy (non-hydrogen) atoms. The fourth-order valence-electron chi connectivity index (χ4n) is 3.47. The average Bonchev–Trinajstić information content (AvgIpc) is 3.10. The Morgan fingerprint density at radius 3 is 2.96 bits per heavy atom. The van der Waals surface area contributed by atoms with Crippen LogP contribution in [0.15, 0.2) is 55.0 Å². The number of fused-ring (bicyclic) bond motifs is 1. The zero-order valence-corrected chi connectivity index (χ0v) is 14.7. The summed E-state index contributed by atoms with van der Waals surface area (Å²) in [5.74, 6) is 0.923. The van der Waals surface area contributed by atoms with Gasteiger partial charge in [0.25, 0.3) is 0 Å². The van der Waals surface area contributed by atoms with Crippen LogP contribution in [0.25, 0.3) is 5.78 Å². The van der Waals surface area contributed by atoms with Gasteiger partial charge in [0.05, 0.1) is 12.1 Å². The van der Waals surface area contributed by atoms with Gasteiger partial charge >= 0.3 is 0 Å². The lowest BCUT2D eigenvalue weighted by molar-refractivity contribution is -0.131. The molecule has 6 nitrogen and oxygen atoms in total. The lowest BCUT2D eigenvalue weighted by Crippen LogP contribution is -2.48. The van der Waals surface area contributed by atoms with Gasteiger partial charge in [-0.25, -0.2) is 9.97 Å². The molecular weight excluding hydrogens is 326 g/mol. The Bertz CT molecular complexity index is 843. The van der Waals surface area contributed by atoms with E-state index < -0.39 is 0 Å². The van der Waals surface area contributed by atoms with Crippen molar-refractivity contribution in [3.8, 4) is 0 Å². The van der Waals surface area contributed by atoms with Gasteiger partial charge in [0.1, 0.15) is 0 Å². The van der Waals surface area contributed by atoms with Crippen LogP contribution in [0.5, 0.6) is 0 Å². The van der Waals surface area contributed by atoms with Crippen molar-refractivity contribution in [1.29, 1.82) is 0 Å². The molecule has 2 aromatic heterocycles. The van der Waals surface area contributed by atoms with E-state index in [4.69, 9.17) is 0 Å². The monoisotopic (exact) mass is 349 g/mol. The van der Waals surface area contributed by atoms with Crippen LogP contribution in [0.2, 0.25) is 0 Å². The van der Waals surface area contributed by atoms with Crippen LogP contribution in [0, 0.1) is 0 Å². The molecule has 134 valence electrons. The molecule has 3 heterocycles. The van der Waals surface area contributed by atoms with E-state index in [0.29, 0.717) is 24.8 Å². The quantitative estimate of drug-likeness (QED) is 0.766. The van der Waals surface area contributed by atoms with Gasteiger partial charge in [-0.15, -0.1) is 0 Å². The first kappa shape index (κ1) is 16.7. The molecule has 1 aliphatic heterocycles. The number of piperidine rings is 1. The highest BCUT2D eigenvalue weighted by atomic mass is 16.2. The van der Waals surface area contributed by atoms with Crippen molar-refractivity contribution in [1.82, 2.24) is 24.6 Å². The number of hydrogen-bond donors (Lipinski definition) is 1. The van der Waals surface area contributed by atoms with Gasteiger partial charge in [0, 0.05) is 44.3 Å². The molecule has 1 N–H and O–H groups in total. The van der Waals surface area contributed by atoms with Crippen molar-refractivity contribution in [3.05, 3.63) is 66.2 Å². The number of rotatable bonds is 5. The minimum Gasteiger partial charge on any atom is -0.341 e. The van der Waals surface area contributed by atoms with Gasteiger partial charge < -0.3 is 10.2 Å². The van der Waals surface area contributed by atoms with Gasteiger partial charge in [0.2, 0.25) is 11.7 Å². The number of amides is 1. The molecule has 1 amide bonds. The first-order chi connectivity index (χ1) is 12.8. The number of carbonyl (C=O) groups is 1. The highest BCUT2D eigenvalue weighted by Gasteiger charge is 2.23. The van der Waals surface area contributed by atoms with Crippen LogP contribution in [0.4, 0.5) is 0 Å². The summed E-state index contributed by atoms with van der Waals surface area (Å²) in [6.07, 6.45) is 8.29. The van der Waals surface area contributed by atoms with Crippen LogP contribution >= 0.6 is 0 Å². The van der Waals surface area contributed by atoms with Crippen LogP contribution in [-0.2, 0) is 17.8 Å². The lowest BCUT2D eigenvalue weighted by Gasteiger charge is -2.33. The summed E-state index contributed by atoms with van der Waals surface area (Å²) in [6.45, 7) is 2.30. The van der Waals surface area contributed by atoms with Crippen molar-refractivity contribution in [2.75, 3.05) is 13.1 Å². The Morgan fingerprint density at radius 2 is 2.12 bits per heavy atom. The average molecular weight is 349 g/mol. The first-order valence-corrected chi connectivity index (χ1v) is 9.11. The highest BCUT2D eigenvalue weighted by molar-refractivity contribution is 5.78. The molecule has 0 aliphatic carbocycles. The third-order valence-corrected chi connectivity index (χ3v) is 4.83. The molecule has 3 aromatic rings. The number of hydrogen-bond acceptors (Lipinski definition) is 4. The second-order valence-corrected chi connectivity index (χ2v) is 6.78. The summed E-state index contributed by atoms with van der Waals surface area (Å²) in [7, 11) is 0. The van der Waals surface area contributed by atoms with Crippen LogP contribution in [0.3, 0.4) is 0 Å². The molecular formula is C20H23N5O. The second-order valence-electron chi connectivity index (χ2n) is 6.78. The molecule has 1 aliphatic rings. The van der Waals surface area contributed by atoms with Crippen molar-refractivity contribution in [2.45, 2.75) is 31.8 Å². The molecule has 4 rings (SSSR count). The van der Waals surface area contributed by atoms with E-state index in [1.807, 2.05) is 58.1 Å². The summed E-state index contributed by atoms with van der Waals surface area (Å²) in [6, 6.07) is 12.2. The number of imidazole rings is 1. The number of aromatic nitrogens is 3. The Labute approximate surface area is 152 Å². The second kappa shape index (κ2) is 7.66. The van der Waals surface area contributed by atoms with E-state index in [-0.39, 0.29) is 5.91 Å². The SMILES string of the molecule is O=C(Cc1ccccc1)N1CCCC(NCc2cn3cccnc3n2)C1. The van der Waals surface area contributed by atoms with Crippen molar-refractivity contribution < 1.29 is 4.79 Å². The number of benzene rings is 1. The number of nitrogens with one attached hydrogen (secondary N) is 1. The van der Waals surface area contributed by atoms with Gasteiger partial charge in [0.15, 0.2) is 0 Å². The predicted octanol–water partition coefficient (Wildman–Crippen LogP) is 2.05. The summed E-state index contributed by atoms with van der Waals surface area (Å²) in [5.41, 5.74) is 2.04. The number of likely N-dealkylation sites (tertiary alicyclic amines) is 1. The molecule has 1 saturated heterocycles. The minimum absolute atomic E-state index is 0.208. The van der Waals surface area contributed by atoms with Gasteiger partial charge in [-0.3, -0.25) is 9.20 Å². The fraction of sp³-hybridized carbons (Fsp3) is 0.350. The lowest BCUT2D eigenvalue weighted by atomic mass is 10.0. The van der Waals surface area contributed by atoms with E-state index in [0.717, 1.165) is 37.2 Å². The predicted molar refractivity (Wildman–Crippen MR) is 99.6 cm³/mol. The number of nitrogens with zero attached hydrogens (tertiary/aromatic N) is 4. The topological polar surface area (TPSA) is 62.5 Å². The number of carbonyl (C=O) groups excluding carboxylic acids is 1. The third-order valence-electron chi connectivity index (χ3n) is 4.83. The Hall–Kier alpha value is -2.73. The molecule has 1 unspecified atom stereocenters. The molecule has 6 heteroatoms. The van der Waals surface area contributed by atoms with Crippen LogP contribution in [-0.4, -0.2) is 44.3 Å². The van der Waals surface area contributed by atoms with Gasteiger partial charge in [-0.2, -0.15) is 0 Å². The zero-order valence-electron chi connectivity index (χ0n) is 14.7. The maximum atomic E-state index is 12.6. The Kier molecular flexibility index (Phi) is 4.93. The molecule has 1 aromatic carbocycles. The van der Waals surface area contributed by atoms with Crippen molar-refractivity contribution >= 4 is 11.7 Å². The summed E-state index contributed by atoms with van der Waals surface area (Å²) in [4.78, 5) is 23.3. The third kappa shape index (κ3) is 3.91. The summed E-state index contributed by atoms with van der Waals surface area (Å²) >= 11 is 0. The zero-order chi connectivity index (χ0) is 17.8. The summed E-state index contributed by atoms with van der Waals surface area (Å²) < 4.78 is 1.92.